The Bertz CT molecular complexity index is 780. The van der Waals surface area contributed by atoms with Gasteiger partial charge in [-0.15, -0.1) is 0 Å². The van der Waals surface area contributed by atoms with Crippen molar-refractivity contribution < 1.29 is 27.4 Å². The second-order valence-electron chi connectivity index (χ2n) is 6.87. The van der Waals surface area contributed by atoms with Gasteiger partial charge in [0.2, 0.25) is 15.9 Å². The Morgan fingerprint density at radius 2 is 1.97 bits per heavy atom. The van der Waals surface area contributed by atoms with Gasteiger partial charge in [0.25, 0.3) is 0 Å². The number of nitrogens with zero attached hydrogens (tertiary/aromatic N) is 2. The van der Waals surface area contributed by atoms with Crippen LogP contribution in [0.3, 0.4) is 0 Å². The monoisotopic (exact) mass is 429 g/mol. The van der Waals surface area contributed by atoms with E-state index in [0.29, 0.717) is 18.0 Å². The smallest absolute Gasteiger partial charge is 0.243 e. The van der Waals surface area contributed by atoms with E-state index in [1.807, 2.05) is 0 Å². The second kappa shape index (κ2) is 10.7. The topological polar surface area (TPSA) is 97.4 Å². The summed E-state index contributed by atoms with van der Waals surface area (Å²) in [6.45, 7) is 6.12. The van der Waals surface area contributed by atoms with Gasteiger partial charge in [-0.25, -0.2) is 8.42 Å². The Kier molecular flexibility index (Phi) is 8.54. The number of anilines is 1. The number of amides is 1. The van der Waals surface area contributed by atoms with Crippen molar-refractivity contribution in [3.05, 3.63) is 18.2 Å². The average Bonchev–Trinajstić information content (AvgIpc) is 2.70. The van der Waals surface area contributed by atoms with E-state index < -0.39 is 16.1 Å². The second-order valence-corrected chi connectivity index (χ2v) is 8.73. The Morgan fingerprint density at radius 1 is 1.28 bits per heavy atom. The molecular weight excluding hydrogens is 398 g/mol. The molecule has 9 nitrogen and oxygen atoms in total. The van der Waals surface area contributed by atoms with Gasteiger partial charge in [0.1, 0.15) is 17.5 Å². The number of nitrogens with one attached hydrogen (secondary N) is 1. The average molecular weight is 430 g/mol. The predicted octanol–water partition coefficient (Wildman–Crippen LogP) is 0.697. The largest absolute Gasteiger partial charge is 0.497 e. The van der Waals surface area contributed by atoms with Crippen LogP contribution in [-0.2, 0) is 19.6 Å². The van der Waals surface area contributed by atoms with Gasteiger partial charge in [0.05, 0.1) is 39.4 Å². The van der Waals surface area contributed by atoms with Crippen molar-refractivity contribution in [3.63, 3.8) is 0 Å². The highest BCUT2D eigenvalue weighted by Crippen LogP contribution is 2.35. The van der Waals surface area contributed by atoms with Crippen LogP contribution in [0.25, 0.3) is 0 Å². The Hall–Kier alpha value is -2.04. The van der Waals surface area contributed by atoms with Crippen molar-refractivity contribution in [3.8, 4) is 11.5 Å². The maximum Gasteiger partial charge on any atom is 0.243 e. The molecule has 164 valence electrons. The standard InChI is InChI=1S/C19H31N3O6S/c1-15(19(23)20-8-5-9-21-10-12-28-13-11-21)22(29(4,24)25)17-14-16(26-2)6-7-18(17)27-3/h6-7,14-15H,5,8-13H2,1-4H3,(H,20,23)/t15-/m0/s1. The minimum absolute atomic E-state index is 0.255. The molecule has 0 spiro atoms. The van der Waals surface area contributed by atoms with Gasteiger partial charge in [-0.1, -0.05) is 0 Å². The highest BCUT2D eigenvalue weighted by molar-refractivity contribution is 7.92. The van der Waals surface area contributed by atoms with Crippen LogP contribution in [0, 0.1) is 0 Å². The van der Waals surface area contributed by atoms with Gasteiger partial charge in [0, 0.05) is 25.7 Å². The number of ether oxygens (including phenoxy) is 3. The first-order valence-electron chi connectivity index (χ1n) is 9.57. The third-order valence-corrected chi connectivity index (χ3v) is 5.99. The number of morpholine rings is 1. The van der Waals surface area contributed by atoms with Crippen LogP contribution in [-0.4, -0.2) is 85.1 Å². The maximum atomic E-state index is 12.7. The lowest BCUT2D eigenvalue weighted by atomic mass is 10.2. The van der Waals surface area contributed by atoms with Gasteiger partial charge < -0.3 is 19.5 Å². The first-order chi connectivity index (χ1) is 13.8. The van der Waals surface area contributed by atoms with Crippen molar-refractivity contribution in [2.45, 2.75) is 19.4 Å². The van der Waals surface area contributed by atoms with Crippen LogP contribution in [0.15, 0.2) is 18.2 Å². The summed E-state index contributed by atoms with van der Waals surface area (Å²) in [6, 6.07) is 3.87. The minimum Gasteiger partial charge on any atom is -0.497 e. The lowest BCUT2D eigenvalue weighted by Gasteiger charge is -2.30. The first kappa shape index (κ1) is 23.2. The number of benzene rings is 1. The number of rotatable bonds is 10. The molecule has 0 unspecified atom stereocenters. The van der Waals surface area contributed by atoms with E-state index in [1.165, 1.54) is 14.2 Å². The summed E-state index contributed by atoms with van der Waals surface area (Å²) >= 11 is 0. The van der Waals surface area contributed by atoms with E-state index in [9.17, 15) is 13.2 Å². The lowest BCUT2D eigenvalue weighted by molar-refractivity contribution is -0.121. The van der Waals surface area contributed by atoms with Crippen molar-refractivity contribution >= 4 is 21.6 Å². The molecule has 1 aromatic rings. The van der Waals surface area contributed by atoms with Crippen LogP contribution in [0.4, 0.5) is 5.69 Å². The lowest BCUT2D eigenvalue weighted by Crippen LogP contribution is -2.48. The summed E-state index contributed by atoms with van der Waals surface area (Å²) in [5, 5.41) is 2.84. The Morgan fingerprint density at radius 3 is 2.55 bits per heavy atom. The number of hydrogen-bond acceptors (Lipinski definition) is 7. The van der Waals surface area contributed by atoms with Crippen LogP contribution in [0.2, 0.25) is 0 Å². The number of carbonyl (C=O) groups is 1. The molecule has 0 radical (unpaired) electrons. The molecule has 0 saturated carbocycles. The highest BCUT2D eigenvalue weighted by Gasteiger charge is 2.31. The molecule has 1 heterocycles. The van der Waals surface area contributed by atoms with Gasteiger partial charge in [-0.3, -0.25) is 14.0 Å². The zero-order valence-electron chi connectivity index (χ0n) is 17.5. The molecule has 0 aliphatic carbocycles. The Balaban J connectivity index is 2.07. The van der Waals surface area contributed by atoms with Crippen molar-refractivity contribution in [1.29, 1.82) is 0 Å². The fourth-order valence-electron chi connectivity index (χ4n) is 3.24. The molecule has 2 rings (SSSR count). The summed E-state index contributed by atoms with van der Waals surface area (Å²) in [7, 11) is -0.819. The molecule has 1 aliphatic heterocycles. The van der Waals surface area contributed by atoms with Crippen LogP contribution >= 0.6 is 0 Å². The van der Waals surface area contributed by atoms with E-state index in [4.69, 9.17) is 14.2 Å². The number of sulfonamides is 1. The molecule has 1 saturated heterocycles. The predicted molar refractivity (Wildman–Crippen MR) is 111 cm³/mol. The van der Waals surface area contributed by atoms with Crippen molar-refractivity contribution in [2.24, 2.45) is 0 Å². The van der Waals surface area contributed by atoms with E-state index in [0.717, 1.165) is 49.8 Å². The maximum absolute atomic E-state index is 12.7. The van der Waals surface area contributed by atoms with Crippen LogP contribution in [0.1, 0.15) is 13.3 Å². The van der Waals surface area contributed by atoms with Gasteiger partial charge in [0.15, 0.2) is 0 Å². The van der Waals surface area contributed by atoms with Crippen molar-refractivity contribution in [2.75, 3.05) is 64.2 Å². The fourth-order valence-corrected chi connectivity index (χ4v) is 4.41. The minimum atomic E-state index is -3.75. The molecule has 29 heavy (non-hydrogen) atoms. The first-order valence-corrected chi connectivity index (χ1v) is 11.4. The zero-order chi connectivity index (χ0) is 21.4. The van der Waals surface area contributed by atoms with E-state index in [1.54, 1.807) is 25.1 Å². The number of carbonyl (C=O) groups excluding carboxylic acids is 1. The number of hydrogen-bond donors (Lipinski definition) is 1. The quantitative estimate of drug-likeness (QED) is 0.547. The molecule has 1 amide bonds. The molecule has 1 N–H and O–H groups in total. The highest BCUT2D eigenvalue weighted by atomic mass is 32.2. The summed E-state index contributed by atoms with van der Waals surface area (Å²) < 4.78 is 41.9. The van der Waals surface area contributed by atoms with E-state index in [-0.39, 0.29) is 11.6 Å². The SMILES string of the molecule is COc1ccc(OC)c(N([C@@H](C)C(=O)NCCCN2CCOCC2)S(C)(=O)=O)c1. The molecule has 0 aromatic heterocycles. The Labute approximate surface area is 173 Å². The molecule has 10 heteroatoms. The van der Waals surface area contributed by atoms with E-state index >= 15 is 0 Å². The molecule has 1 atom stereocenters. The van der Waals surface area contributed by atoms with E-state index in [2.05, 4.69) is 10.2 Å². The molecule has 1 aromatic carbocycles. The molecule has 0 bridgehead atoms. The van der Waals surface area contributed by atoms with Gasteiger partial charge in [-0.05, 0) is 32.0 Å². The third kappa shape index (κ3) is 6.48. The normalized spacial score (nSPS) is 16.1. The van der Waals surface area contributed by atoms with Crippen LogP contribution in [0.5, 0.6) is 11.5 Å². The van der Waals surface area contributed by atoms with Gasteiger partial charge >= 0.3 is 0 Å². The van der Waals surface area contributed by atoms with Gasteiger partial charge in [-0.2, -0.15) is 0 Å². The fraction of sp³-hybridized carbons (Fsp3) is 0.632. The summed E-state index contributed by atoms with van der Waals surface area (Å²) in [4.78, 5) is 15.0. The molecule has 1 aliphatic rings. The molecular formula is C19H31N3O6S. The molecule has 1 fully saturated rings. The van der Waals surface area contributed by atoms with Crippen molar-refractivity contribution in [1.82, 2.24) is 10.2 Å². The summed E-state index contributed by atoms with van der Waals surface area (Å²) in [5.41, 5.74) is 0.255. The zero-order valence-corrected chi connectivity index (χ0v) is 18.3. The summed E-state index contributed by atoms with van der Waals surface area (Å²) in [6.07, 6.45) is 1.84. The summed E-state index contributed by atoms with van der Waals surface area (Å²) in [5.74, 6) is 0.429. The third-order valence-electron chi connectivity index (χ3n) is 4.77. The number of methoxy groups -OCH3 is 2. The van der Waals surface area contributed by atoms with Crippen LogP contribution < -0.4 is 19.1 Å².